The molecule has 1 heterocycles. The van der Waals surface area contributed by atoms with Crippen LogP contribution >= 0.6 is 0 Å². The second kappa shape index (κ2) is 15.6. The zero-order valence-electron chi connectivity index (χ0n) is 23.2. The molecule has 0 fully saturated rings. The average Bonchev–Trinajstić information content (AvgIpc) is 3.43. The van der Waals surface area contributed by atoms with Crippen molar-refractivity contribution in [2.75, 3.05) is 6.54 Å². The summed E-state index contributed by atoms with van der Waals surface area (Å²) in [6, 6.07) is 26.7. The molecule has 192 valence electrons. The molecule has 0 saturated heterocycles. The Labute approximate surface area is 217 Å². The minimum atomic E-state index is -1.24. The monoisotopic (exact) mass is 486 g/mol. The first-order valence-corrected chi connectivity index (χ1v) is 13.4. The fourth-order valence-electron chi connectivity index (χ4n) is 4.62. The van der Waals surface area contributed by atoms with Gasteiger partial charge in [0.1, 0.15) is 0 Å². The molecule has 2 aliphatic rings. The maximum Gasteiger partial charge on any atom is 0.194 e. The summed E-state index contributed by atoms with van der Waals surface area (Å²) in [5.74, 6) is -1.13. The number of ketones is 2. The molecular formula is C32H42N2O2. The average molecular weight is 487 g/mol. The van der Waals surface area contributed by atoms with E-state index in [1.54, 1.807) is 24.3 Å². The molecular weight excluding hydrogens is 444 g/mol. The molecule has 0 aromatic heterocycles. The normalized spacial score (nSPS) is 18.5. The lowest BCUT2D eigenvalue weighted by molar-refractivity contribution is 0.0704. The van der Waals surface area contributed by atoms with Gasteiger partial charge in [-0.15, -0.1) is 0 Å². The predicted octanol–water partition coefficient (Wildman–Crippen LogP) is 8.82. The molecule has 0 bridgehead atoms. The molecule has 4 nitrogen and oxygen atoms in total. The number of Topliss-reactive ketones (excluding diaryl/α,β-unsaturated/α-hetero) is 2. The molecule has 36 heavy (non-hydrogen) atoms. The van der Waals surface area contributed by atoms with Crippen molar-refractivity contribution in [1.29, 1.82) is 0 Å². The van der Waals surface area contributed by atoms with Crippen molar-refractivity contribution in [1.82, 2.24) is 0 Å². The summed E-state index contributed by atoms with van der Waals surface area (Å²) < 4.78 is 0. The molecule has 1 aliphatic carbocycles. The van der Waals surface area contributed by atoms with Gasteiger partial charge in [0.05, 0.1) is 12.5 Å². The van der Waals surface area contributed by atoms with Crippen LogP contribution in [0.3, 0.4) is 0 Å². The summed E-state index contributed by atoms with van der Waals surface area (Å²) in [7, 11) is 0. The van der Waals surface area contributed by atoms with E-state index in [0.717, 1.165) is 11.1 Å². The van der Waals surface area contributed by atoms with Gasteiger partial charge in [-0.1, -0.05) is 140 Å². The fraction of sp³-hybridized carbons (Fsp3) is 0.375. The lowest BCUT2D eigenvalue weighted by atomic mass is 9.60. The van der Waals surface area contributed by atoms with Crippen LogP contribution in [0.2, 0.25) is 0 Å². The maximum absolute atomic E-state index is 13.8. The molecule has 0 N–H and O–H groups in total. The standard InChI is InChI=1S/C24H18N2O2.4C2H6/c27-22-18-13-7-8-14-19(18)23(28)24(20(22)15-25-26-24)21(16-9-3-1-4-10-16)17-11-5-2-6-12-17;4*1-2/h1-14,20-21H,15H2;4*1-2H3. The highest BCUT2D eigenvalue weighted by molar-refractivity contribution is 6.20. The van der Waals surface area contributed by atoms with Gasteiger partial charge in [-0.25, -0.2) is 0 Å². The third-order valence-corrected chi connectivity index (χ3v) is 5.85. The van der Waals surface area contributed by atoms with Crippen molar-refractivity contribution in [2.24, 2.45) is 16.1 Å². The molecule has 0 amide bonds. The van der Waals surface area contributed by atoms with Crippen LogP contribution in [0.1, 0.15) is 93.2 Å². The number of nitrogens with zero attached hydrogens (tertiary/aromatic N) is 2. The van der Waals surface area contributed by atoms with Crippen LogP contribution in [0.25, 0.3) is 0 Å². The molecule has 5 rings (SSSR count). The number of carbonyl (C=O) groups excluding carboxylic acids is 2. The first-order chi connectivity index (χ1) is 17.7. The van der Waals surface area contributed by atoms with Crippen LogP contribution in [0, 0.1) is 5.92 Å². The van der Waals surface area contributed by atoms with Crippen molar-refractivity contribution in [3.05, 3.63) is 107 Å². The lowest BCUT2D eigenvalue weighted by Crippen LogP contribution is -2.54. The van der Waals surface area contributed by atoms with Crippen LogP contribution in [0.4, 0.5) is 0 Å². The Morgan fingerprint density at radius 1 is 0.639 bits per heavy atom. The highest BCUT2D eigenvalue weighted by atomic mass is 16.1. The zero-order chi connectivity index (χ0) is 27.1. The van der Waals surface area contributed by atoms with Gasteiger partial charge in [-0.05, 0) is 11.1 Å². The van der Waals surface area contributed by atoms with E-state index in [0.29, 0.717) is 11.1 Å². The molecule has 2 atom stereocenters. The molecule has 1 aliphatic heterocycles. The van der Waals surface area contributed by atoms with Crippen LogP contribution in [0.5, 0.6) is 0 Å². The van der Waals surface area contributed by atoms with Crippen molar-refractivity contribution in [3.63, 3.8) is 0 Å². The van der Waals surface area contributed by atoms with E-state index in [2.05, 4.69) is 10.2 Å². The van der Waals surface area contributed by atoms with Gasteiger partial charge in [0, 0.05) is 17.0 Å². The van der Waals surface area contributed by atoms with Crippen molar-refractivity contribution < 1.29 is 9.59 Å². The third kappa shape index (κ3) is 5.70. The summed E-state index contributed by atoms with van der Waals surface area (Å²) in [4.78, 5) is 27.2. The Hall–Kier alpha value is -3.40. The molecule has 3 aromatic carbocycles. The van der Waals surface area contributed by atoms with Gasteiger partial charge in [0.2, 0.25) is 0 Å². The lowest BCUT2D eigenvalue weighted by Gasteiger charge is -2.40. The number of hydrogen-bond acceptors (Lipinski definition) is 4. The first-order valence-electron chi connectivity index (χ1n) is 13.4. The van der Waals surface area contributed by atoms with Gasteiger partial charge in [-0.2, -0.15) is 10.2 Å². The number of benzene rings is 3. The quantitative estimate of drug-likeness (QED) is 0.371. The summed E-state index contributed by atoms with van der Waals surface area (Å²) in [5.41, 5.74) is 1.61. The summed E-state index contributed by atoms with van der Waals surface area (Å²) in [6.07, 6.45) is 0. The van der Waals surface area contributed by atoms with Crippen molar-refractivity contribution >= 4 is 11.6 Å². The minimum absolute atomic E-state index is 0.0444. The largest absolute Gasteiger partial charge is 0.294 e. The highest BCUT2D eigenvalue weighted by Crippen LogP contribution is 2.51. The Balaban J connectivity index is 0.000000741. The van der Waals surface area contributed by atoms with Crippen LogP contribution < -0.4 is 0 Å². The number of hydrogen-bond donors (Lipinski definition) is 0. The van der Waals surface area contributed by atoms with Gasteiger partial charge >= 0.3 is 0 Å². The Kier molecular flexibility index (Phi) is 13.2. The molecule has 3 aromatic rings. The van der Waals surface area contributed by atoms with E-state index in [4.69, 9.17) is 0 Å². The van der Waals surface area contributed by atoms with E-state index < -0.39 is 11.5 Å². The maximum atomic E-state index is 13.8. The number of fused-ring (bicyclic) bond motifs is 2. The highest BCUT2D eigenvalue weighted by Gasteiger charge is 2.61. The van der Waals surface area contributed by atoms with E-state index in [9.17, 15) is 9.59 Å². The topological polar surface area (TPSA) is 58.9 Å². The second-order valence-corrected chi connectivity index (χ2v) is 7.30. The zero-order valence-corrected chi connectivity index (χ0v) is 23.2. The molecule has 4 heteroatoms. The van der Waals surface area contributed by atoms with E-state index in [1.807, 2.05) is 116 Å². The first kappa shape index (κ1) is 30.6. The summed E-state index contributed by atoms with van der Waals surface area (Å²) >= 11 is 0. The molecule has 2 unspecified atom stereocenters. The van der Waals surface area contributed by atoms with Crippen LogP contribution in [0.15, 0.2) is 95.2 Å². The Bertz CT molecular complexity index is 1050. The van der Waals surface area contributed by atoms with E-state index in [1.165, 1.54) is 0 Å². The van der Waals surface area contributed by atoms with Gasteiger partial charge < -0.3 is 0 Å². The van der Waals surface area contributed by atoms with Gasteiger partial charge in [-0.3, -0.25) is 9.59 Å². The van der Waals surface area contributed by atoms with Gasteiger partial charge in [0.25, 0.3) is 0 Å². The Morgan fingerprint density at radius 2 is 1.06 bits per heavy atom. The number of carbonyl (C=O) groups is 2. The molecule has 0 spiro atoms. The number of azo groups is 1. The summed E-state index contributed by atoms with van der Waals surface area (Å²) in [5, 5.41) is 8.77. The van der Waals surface area contributed by atoms with Crippen LogP contribution in [-0.4, -0.2) is 23.7 Å². The SMILES string of the molecule is CC.CC.CC.CC.O=C1c2ccccc2C(=O)C2(C(c3ccccc3)c3ccccc3)N=NCC12. The van der Waals surface area contributed by atoms with Crippen LogP contribution in [-0.2, 0) is 0 Å². The fourth-order valence-corrected chi connectivity index (χ4v) is 4.62. The van der Waals surface area contributed by atoms with Crippen molar-refractivity contribution in [3.8, 4) is 0 Å². The molecule has 0 radical (unpaired) electrons. The van der Waals surface area contributed by atoms with Crippen molar-refractivity contribution in [2.45, 2.75) is 66.8 Å². The van der Waals surface area contributed by atoms with E-state index in [-0.39, 0.29) is 24.0 Å². The molecule has 0 saturated carbocycles. The Morgan fingerprint density at radius 3 is 1.53 bits per heavy atom. The summed E-state index contributed by atoms with van der Waals surface area (Å²) in [6.45, 7) is 16.2. The smallest absolute Gasteiger partial charge is 0.194 e. The van der Waals surface area contributed by atoms with E-state index >= 15 is 0 Å². The number of rotatable bonds is 3. The third-order valence-electron chi connectivity index (χ3n) is 5.85. The minimum Gasteiger partial charge on any atom is -0.294 e. The second-order valence-electron chi connectivity index (χ2n) is 7.30. The van der Waals surface area contributed by atoms with Gasteiger partial charge in [0.15, 0.2) is 17.1 Å². The predicted molar refractivity (Wildman–Crippen MR) is 151 cm³/mol.